The summed E-state index contributed by atoms with van der Waals surface area (Å²) in [4.78, 5) is 0. The fourth-order valence-corrected chi connectivity index (χ4v) is 0.650. The molecule has 0 aromatic rings. The highest BCUT2D eigenvalue weighted by Crippen LogP contribution is 1.88. The zero-order chi connectivity index (χ0) is 8.36. The second-order valence-corrected chi connectivity index (χ2v) is 2.27. The summed E-state index contributed by atoms with van der Waals surface area (Å²) in [6, 6.07) is 0. The molecular formula is C10H17N. The Balaban J connectivity index is 3.28. The lowest BCUT2D eigenvalue weighted by Gasteiger charge is -1.85. The van der Waals surface area contributed by atoms with Crippen LogP contribution in [-0.2, 0) is 0 Å². The van der Waals surface area contributed by atoms with E-state index < -0.39 is 0 Å². The summed E-state index contributed by atoms with van der Waals surface area (Å²) in [6.07, 6.45) is 14.4. The van der Waals surface area contributed by atoms with Gasteiger partial charge in [-0.2, -0.15) is 0 Å². The number of hydrogen-bond acceptors (Lipinski definition) is 1. The van der Waals surface area contributed by atoms with Crippen LogP contribution in [0.1, 0.15) is 19.8 Å². The van der Waals surface area contributed by atoms with E-state index in [1.807, 2.05) is 31.2 Å². The van der Waals surface area contributed by atoms with Crippen LogP contribution >= 0.6 is 0 Å². The average Bonchev–Trinajstić information content (AvgIpc) is 2.03. The van der Waals surface area contributed by atoms with Crippen molar-refractivity contribution >= 4 is 0 Å². The van der Waals surface area contributed by atoms with Crippen molar-refractivity contribution in [2.75, 3.05) is 6.54 Å². The maximum absolute atomic E-state index is 5.33. The van der Waals surface area contributed by atoms with Gasteiger partial charge in [-0.25, -0.2) is 0 Å². The molecule has 0 spiro atoms. The molecule has 0 unspecified atom stereocenters. The summed E-state index contributed by atoms with van der Waals surface area (Å²) in [7, 11) is 0. The Labute approximate surface area is 69.3 Å². The van der Waals surface area contributed by atoms with Gasteiger partial charge in [0.15, 0.2) is 0 Å². The Hall–Kier alpha value is -0.820. The number of unbranched alkanes of at least 4 members (excludes halogenated alkanes) is 1. The van der Waals surface area contributed by atoms with Crippen LogP contribution in [0.4, 0.5) is 0 Å². The fraction of sp³-hybridized carbons (Fsp3) is 0.400. The molecule has 11 heavy (non-hydrogen) atoms. The van der Waals surface area contributed by atoms with Crippen molar-refractivity contribution in [2.24, 2.45) is 5.73 Å². The van der Waals surface area contributed by atoms with Gasteiger partial charge in [-0.15, -0.1) is 0 Å². The van der Waals surface area contributed by atoms with Crippen LogP contribution < -0.4 is 5.73 Å². The van der Waals surface area contributed by atoms with Crippen LogP contribution in [0.5, 0.6) is 0 Å². The van der Waals surface area contributed by atoms with Crippen molar-refractivity contribution in [3.63, 3.8) is 0 Å². The van der Waals surface area contributed by atoms with E-state index in [1.54, 1.807) is 0 Å². The molecule has 0 aromatic carbocycles. The zero-order valence-corrected chi connectivity index (χ0v) is 7.16. The molecule has 0 aliphatic heterocycles. The number of hydrogen-bond donors (Lipinski definition) is 1. The van der Waals surface area contributed by atoms with Crippen LogP contribution in [-0.4, -0.2) is 6.54 Å². The lowest BCUT2D eigenvalue weighted by Crippen LogP contribution is -1.96. The van der Waals surface area contributed by atoms with Gasteiger partial charge in [0.05, 0.1) is 0 Å². The number of rotatable bonds is 5. The van der Waals surface area contributed by atoms with Gasteiger partial charge < -0.3 is 5.73 Å². The lowest BCUT2D eigenvalue weighted by molar-refractivity contribution is 0.855. The van der Waals surface area contributed by atoms with Crippen LogP contribution in [0.2, 0.25) is 0 Å². The Morgan fingerprint density at radius 2 is 1.82 bits per heavy atom. The zero-order valence-electron chi connectivity index (χ0n) is 7.16. The molecule has 0 saturated heterocycles. The molecule has 2 N–H and O–H groups in total. The molecule has 0 atom stereocenters. The van der Waals surface area contributed by atoms with E-state index in [0.717, 1.165) is 19.4 Å². The van der Waals surface area contributed by atoms with Crippen molar-refractivity contribution in [3.8, 4) is 0 Å². The molecule has 0 bridgehead atoms. The highest BCUT2D eigenvalue weighted by molar-refractivity contribution is 5.10. The molecule has 0 radical (unpaired) electrons. The minimum Gasteiger partial charge on any atom is -0.330 e. The second kappa shape index (κ2) is 9.18. The van der Waals surface area contributed by atoms with E-state index in [1.165, 1.54) is 0 Å². The Morgan fingerprint density at radius 3 is 2.45 bits per heavy atom. The van der Waals surface area contributed by atoms with Crippen molar-refractivity contribution in [2.45, 2.75) is 19.8 Å². The topological polar surface area (TPSA) is 26.0 Å². The van der Waals surface area contributed by atoms with Gasteiger partial charge in [0.2, 0.25) is 0 Å². The predicted octanol–water partition coefficient (Wildman–Crippen LogP) is 2.41. The summed E-state index contributed by atoms with van der Waals surface area (Å²) in [5.74, 6) is 0. The van der Waals surface area contributed by atoms with Gasteiger partial charge in [-0.1, -0.05) is 36.5 Å². The minimum absolute atomic E-state index is 0.781. The first-order valence-corrected chi connectivity index (χ1v) is 4.06. The third kappa shape index (κ3) is 9.18. The van der Waals surface area contributed by atoms with Crippen molar-refractivity contribution in [1.29, 1.82) is 0 Å². The quantitative estimate of drug-likeness (QED) is 0.474. The molecule has 0 fully saturated rings. The van der Waals surface area contributed by atoms with Crippen molar-refractivity contribution < 1.29 is 0 Å². The first-order chi connectivity index (χ1) is 5.41. The van der Waals surface area contributed by atoms with Crippen molar-refractivity contribution in [1.82, 2.24) is 0 Å². The first kappa shape index (κ1) is 10.2. The van der Waals surface area contributed by atoms with E-state index in [-0.39, 0.29) is 0 Å². The molecule has 0 saturated carbocycles. The summed E-state index contributed by atoms with van der Waals surface area (Å²) in [6.45, 7) is 2.78. The normalized spacial score (nSPS) is 12.5. The van der Waals surface area contributed by atoms with E-state index in [0.29, 0.717) is 0 Å². The third-order valence-corrected chi connectivity index (χ3v) is 1.24. The molecule has 0 aliphatic rings. The molecular weight excluding hydrogens is 134 g/mol. The number of allylic oxidation sites excluding steroid dienone is 6. The SMILES string of the molecule is C\C=C/C=C\C=C\CCCN. The summed E-state index contributed by atoms with van der Waals surface area (Å²) < 4.78 is 0. The molecule has 0 aromatic heterocycles. The van der Waals surface area contributed by atoms with Gasteiger partial charge in [-0.3, -0.25) is 0 Å². The van der Waals surface area contributed by atoms with Gasteiger partial charge >= 0.3 is 0 Å². The third-order valence-electron chi connectivity index (χ3n) is 1.24. The first-order valence-electron chi connectivity index (χ1n) is 4.06. The standard InChI is InChI=1S/C10H17N/c1-2-3-4-5-6-7-8-9-10-11/h2-7H,8-11H2,1H3/b3-2-,5-4-,7-6+. The fourth-order valence-electron chi connectivity index (χ4n) is 0.650. The van der Waals surface area contributed by atoms with E-state index in [2.05, 4.69) is 12.2 Å². The van der Waals surface area contributed by atoms with Gasteiger partial charge in [0.1, 0.15) is 0 Å². The van der Waals surface area contributed by atoms with Crippen LogP contribution in [0.25, 0.3) is 0 Å². The van der Waals surface area contributed by atoms with Crippen LogP contribution in [0, 0.1) is 0 Å². The molecule has 0 heterocycles. The molecule has 1 nitrogen and oxygen atoms in total. The van der Waals surface area contributed by atoms with Crippen LogP contribution in [0.3, 0.4) is 0 Å². The molecule has 0 aliphatic carbocycles. The van der Waals surface area contributed by atoms with Gasteiger partial charge in [0, 0.05) is 0 Å². The monoisotopic (exact) mass is 151 g/mol. The maximum atomic E-state index is 5.33. The molecule has 0 amide bonds. The highest BCUT2D eigenvalue weighted by Gasteiger charge is 1.74. The summed E-state index contributed by atoms with van der Waals surface area (Å²) in [5.41, 5.74) is 5.33. The predicted molar refractivity (Wildman–Crippen MR) is 51.4 cm³/mol. The molecule has 0 rings (SSSR count). The van der Waals surface area contributed by atoms with E-state index in [4.69, 9.17) is 5.73 Å². The summed E-state index contributed by atoms with van der Waals surface area (Å²) in [5, 5.41) is 0. The van der Waals surface area contributed by atoms with E-state index in [9.17, 15) is 0 Å². The highest BCUT2D eigenvalue weighted by atomic mass is 14.5. The van der Waals surface area contributed by atoms with E-state index >= 15 is 0 Å². The maximum Gasteiger partial charge on any atom is -0.00743 e. The average molecular weight is 151 g/mol. The van der Waals surface area contributed by atoms with Crippen LogP contribution in [0.15, 0.2) is 36.5 Å². The van der Waals surface area contributed by atoms with Gasteiger partial charge in [-0.05, 0) is 26.3 Å². The smallest absolute Gasteiger partial charge is 0.00743 e. The molecule has 62 valence electrons. The Bertz CT molecular complexity index is 143. The lowest BCUT2D eigenvalue weighted by atomic mass is 10.3. The van der Waals surface area contributed by atoms with Crippen molar-refractivity contribution in [3.05, 3.63) is 36.5 Å². The Kier molecular flexibility index (Phi) is 8.50. The Morgan fingerprint density at radius 1 is 1.09 bits per heavy atom. The largest absolute Gasteiger partial charge is 0.330 e. The molecule has 1 heteroatoms. The summed E-state index contributed by atoms with van der Waals surface area (Å²) >= 11 is 0. The second-order valence-electron chi connectivity index (χ2n) is 2.27. The van der Waals surface area contributed by atoms with Gasteiger partial charge in [0.25, 0.3) is 0 Å². The minimum atomic E-state index is 0.781. The number of nitrogens with two attached hydrogens (primary N) is 1.